The number of nitrogens with zero attached hydrogens (tertiary/aromatic N) is 1. The molecule has 3 fully saturated rings. The Hall–Kier alpha value is -1.10. The maximum atomic E-state index is 12.1. The van der Waals surface area contributed by atoms with Gasteiger partial charge in [-0.2, -0.15) is 0 Å². The Bertz CT molecular complexity index is 412. The van der Waals surface area contributed by atoms with E-state index in [-0.39, 0.29) is 23.3 Å². The van der Waals surface area contributed by atoms with Crippen molar-refractivity contribution in [3.05, 3.63) is 0 Å². The van der Waals surface area contributed by atoms with E-state index in [2.05, 4.69) is 5.32 Å². The van der Waals surface area contributed by atoms with Gasteiger partial charge in [0.25, 0.3) is 0 Å². The Morgan fingerprint density at radius 2 is 1.95 bits per heavy atom. The molecule has 0 unspecified atom stereocenters. The van der Waals surface area contributed by atoms with Crippen molar-refractivity contribution in [2.45, 2.75) is 51.5 Å². The molecule has 0 aromatic heterocycles. The van der Waals surface area contributed by atoms with Gasteiger partial charge in [0.05, 0.1) is 12.6 Å². The third-order valence-corrected chi connectivity index (χ3v) is 5.48. The minimum atomic E-state index is 0.117. The van der Waals surface area contributed by atoms with E-state index in [1.54, 1.807) is 6.92 Å². The van der Waals surface area contributed by atoms with Crippen LogP contribution in [0.3, 0.4) is 0 Å². The predicted octanol–water partition coefficient (Wildman–Crippen LogP) is 1.32. The summed E-state index contributed by atoms with van der Waals surface area (Å²) >= 11 is 0. The zero-order chi connectivity index (χ0) is 14.9. The number of hydrogen-bond donors (Lipinski definition) is 1. The highest BCUT2D eigenvalue weighted by atomic mass is 16.5. The summed E-state index contributed by atoms with van der Waals surface area (Å²) in [5, 5.41) is 3.23. The second-order valence-electron chi connectivity index (χ2n) is 6.96. The fourth-order valence-corrected chi connectivity index (χ4v) is 3.73. The van der Waals surface area contributed by atoms with Crippen LogP contribution < -0.4 is 5.32 Å². The molecule has 1 atom stereocenters. The van der Waals surface area contributed by atoms with E-state index >= 15 is 0 Å². The molecule has 0 bridgehead atoms. The maximum absolute atomic E-state index is 12.1. The molecule has 1 aliphatic carbocycles. The Labute approximate surface area is 126 Å². The molecule has 3 aliphatic rings. The lowest BCUT2D eigenvalue weighted by Gasteiger charge is -2.49. The molecule has 0 aromatic carbocycles. The van der Waals surface area contributed by atoms with Crippen molar-refractivity contribution in [1.29, 1.82) is 0 Å². The summed E-state index contributed by atoms with van der Waals surface area (Å²) in [6.45, 7) is 4.65. The van der Waals surface area contributed by atoms with Crippen molar-refractivity contribution >= 4 is 11.8 Å². The fourth-order valence-electron chi connectivity index (χ4n) is 3.73. The van der Waals surface area contributed by atoms with Gasteiger partial charge in [-0.15, -0.1) is 0 Å². The molecule has 118 valence electrons. The average molecular weight is 294 g/mol. The number of carbonyl (C=O) groups excluding carboxylic acids is 2. The second-order valence-corrected chi connectivity index (χ2v) is 6.96. The molecule has 5 nitrogen and oxygen atoms in total. The van der Waals surface area contributed by atoms with Crippen LogP contribution in [0.1, 0.15) is 45.4 Å². The van der Waals surface area contributed by atoms with Crippen LogP contribution in [0, 0.1) is 11.3 Å². The first-order valence-electron chi connectivity index (χ1n) is 8.22. The first kappa shape index (κ1) is 14.8. The summed E-state index contributed by atoms with van der Waals surface area (Å²) < 4.78 is 5.61. The van der Waals surface area contributed by atoms with Crippen LogP contribution in [-0.2, 0) is 14.3 Å². The molecule has 2 amide bonds. The predicted molar refractivity (Wildman–Crippen MR) is 78.6 cm³/mol. The molecule has 1 N–H and O–H groups in total. The van der Waals surface area contributed by atoms with Crippen molar-refractivity contribution < 1.29 is 14.3 Å². The number of carbonyl (C=O) groups is 2. The number of amides is 2. The highest BCUT2D eigenvalue weighted by molar-refractivity contribution is 5.77. The lowest BCUT2D eigenvalue weighted by Crippen LogP contribution is -2.58. The average Bonchev–Trinajstić information content (AvgIpc) is 3.26. The van der Waals surface area contributed by atoms with Gasteiger partial charge in [-0.25, -0.2) is 0 Å². The highest BCUT2D eigenvalue weighted by Gasteiger charge is 2.44. The van der Waals surface area contributed by atoms with E-state index in [0.29, 0.717) is 18.9 Å². The molecule has 1 saturated carbocycles. The summed E-state index contributed by atoms with van der Waals surface area (Å²) in [4.78, 5) is 25.5. The van der Waals surface area contributed by atoms with Crippen LogP contribution in [0.15, 0.2) is 0 Å². The van der Waals surface area contributed by atoms with Crippen LogP contribution in [0.5, 0.6) is 0 Å². The molecule has 2 heterocycles. The molecular formula is C16H26N2O3. The van der Waals surface area contributed by atoms with Crippen LogP contribution in [0.25, 0.3) is 0 Å². The van der Waals surface area contributed by atoms with Crippen LogP contribution >= 0.6 is 0 Å². The van der Waals surface area contributed by atoms with E-state index in [4.69, 9.17) is 4.74 Å². The number of ether oxygens (including phenoxy) is 1. The molecule has 0 aromatic rings. The summed E-state index contributed by atoms with van der Waals surface area (Å²) in [5.74, 6) is 0.956. The van der Waals surface area contributed by atoms with Gasteiger partial charge in [-0.1, -0.05) is 0 Å². The molecule has 2 saturated heterocycles. The van der Waals surface area contributed by atoms with E-state index in [1.165, 1.54) is 12.8 Å². The third kappa shape index (κ3) is 3.39. The molecule has 3 rings (SSSR count). The van der Waals surface area contributed by atoms with Gasteiger partial charge in [0.15, 0.2) is 0 Å². The Morgan fingerprint density at radius 3 is 2.57 bits per heavy atom. The van der Waals surface area contributed by atoms with Gasteiger partial charge in [-0.3, -0.25) is 9.59 Å². The monoisotopic (exact) mass is 294 g/mol. The second kappa shape index (κ2) is 5.95. The van der Waals surface area contributed by atoms with Gasteiger partial charge < -0.3 is 15.0 Å². The lowest BCUT2D eigenvalue weighted by atomic mass is 9.69. The zero-order valence-corrected chi connectivity index (χ0v) is 12.9. The van der Waals surface area contributed by atoms with Crippen molar-refractivity contribution in [1.82, 2.24) is 10.2 Å². The van der Waals surface area contributed by atoms with Gasteiger partial charge in [0, 0.05) is 33.0 Å². The van der Waals surface area contributed by atoms with Gasteiger partial charge in [-0.05, 0) is 43.4 Å². The minimum absolute atomic E-state index is 0.117. The van der Waals surface area contributed by atoms with E-state index < -0.39 is 0 Å². The topological polar surface area (TPSA) is 58.6 Å². The first-order valence-corrected chi connectivity index (χ1v) is 8.22. The number of hydrogen-bond acceptors (Lipinski definition) is 3. The first-order chi connectivity index (χ1) is 10.1. The van der Waals surface area contributed by atoms with Crippen molar-refractivity contribution in [2.24, 2.45) is 11.3 Å². The van der Waals surface area contributed by atoms with Crippen LogP contribution in [0.4, 0.5) is 0 Å². The molecule has 1 spiro atoms. The maximum Gasteiger partial charge on any atom is 0.220 e. The van der Waals surface area contributed by atoms with E-state index in [9.17, 15) is 9.59 Å². The van der Waals surface area contributed by atoms with Crippen molar-refractivity contribution in [3.63, 3.8) is 0 Å². The van der Waals surface area contributed by atoms with Gasteiger partial charge in [0.2, 0.25) is 11.8 Å². The van der Waals surface area contributed by atoms with Gasteiger partial charge >= 0.3 is 0 Å². The summed E-state index contributed by atoms with van der Waals surface area (Å²) in [7, 11) is 0. The van der Waals surface area contributed by atoms with Crippen LogP contribution in [-0.4, -0.2) is 49.1 Å². The number of likely N-dealkylation sites (tertiary alicyclic amines) is 1. The number of rotatable bonds is 3. The zero-order valence-electron chi connectivity index (χ0n) is 12.9. The number of piperidine rings is 1. The largest absolute Gasteiger partial charge is 0.379 e. The van der Waals surface area contributed by atoms with Crippen molar-refractivity contribution in [3.8, 4) is 0 Å². The molecule has 21 heavy (non-hydrogen) atoms. The summed E-state index contributed by atoms with van der Waals surface area (Å²) in [6, 6.07) is 0.117. The normalized spacial score (nSPS) is 28.4. The Morgan fingerprint density at radius 1 is 1.24 bits per heavy atom. The fraction of sp³-hybridized carbons (Fsp3) is 0.875. The molecule has 0 radical (unpaired) electrons. The summed E-state index contributed by atoms with van der Waals surface area (Å²) in [6.07, 6.45) is 6.02. The smallest absolute Gasteiger partial charge is 0.220 e. The molecule has 5 heteroatoms. The van der Waals surface area contributed by atoms with Crippen molar-refractivity contribution in [2.75, 3.05) is 26.3 Å². The van der Waals surface area contributed by atoms with E-state index in [0.717, 1.165) is 39.0 Å². The van der Waals surface area contributed by atoms with Crippen LogP contribution in [0.2, 0.25) is 0 Å². The lowest BCUT2D eigenvalue weighted by molar-refractivity contribution is -0.135. The van der Waals surface area contributed by atoms with E-state index in [1.807, 2.05) is 4.90 Å². The summed E-state index contributed by atoms with van der Waals surface area (Å²) in [5.41, 5.74) is 0.128. The minimum Gasteiger partial charge on any atom is -0.379 e. The molecule has 2 aliphatic heterocycles. The number of nitrogens with one attached hydrogen (secondary N) is 1. The Balaban J connectivity index is 1.60. The standard InChI is InChI=1S/C16H26N2O3/c1-12(19)18-7-4-16(5-8-18)6-9-21-11-14(16)17-15(20)10-13-2-3-13/h13-14H,2-11H2,1H3,(H,17,20)/t14-/m0/s1. The van der Waals surface area contributed by atoms with Gasteiger partial charge in [0.1, 0.15) is 0 Å². The highest BCUT2D eigenvalue weighted by Crippen LogP contribution is 2.41. The molecular weight excluding hydrogens is 268 g/mol. The third-order valence-electron chi connectivity index (χ3n) is 5.48. The Kier molecular flexibility index (Phi) is 4.20. The quantitative estimate of drug-likeness (QED) is 0.854. The SMILES string of the molecule is CC(=O)N1CCC2(CCOC[C@@H]2NC(=O)CC2CC2)CC1.